The molecule has 5 rings (SSSR count). The summed E-state index contributed by atoms with van der Waals surface area (Å²) in [5, 5.41) is 3.73. The molecule has 1 aliphatic heterocycles. The Hall–Kier alpha value is -3.21. The van der Waals surface area contributed by atoms with E-state index in [1.54, 1.807) is 11.6 Å². The summed E-state index contributed by atoms with van der Waals surface area (Å²) in [5.41, 5.74) is 3.03. The summed E-state index contributed by atoms with van der Waals surface area (Å²) >= 11 is 1.41. The molecule has 0 saturated carbocycles. The number of nitrogens with one attached hydrogen (secondary N) is 1. The highest BCUT2D eigenvalue weighted by atomic mass is 32.1. The molecule has 1 aliphatic rings. The number of aryl methyl sites for hydroxylation is 2. The van der Waals surface area contributed by atoms with Gasteiger partial charge in [0.2, 0.25) is 5.95 Å². The molecule has 0 unspecified atom stereocenters. The van der Waals surface area contributed by atoms with Crippen molar-refractivity contribution in [3.63, 3.8) is 0 Å². The topological polar surface area (TPSA) is 79.2 Å². The fraction of sp³-hybridized carbons (Fsp3) is 0.429. The molecule has 0 spiro atoms. The molecular weight excluding hydrogens is 501 g/mol. The van der Waals surface area contributed by atoms with Gasteiger partial charge in [-0.15, -0.1) is 11.3 Å². The van der Waals surface area contributed by atoms with E-state index in [1.165, 1.54) is 17.5 Å². The van der Waals surface area contributed by atoms with Crippen LogP contribution < -0.4 is 10.9 Å². The standard InChI is InChI=1S/C28H34FN7OS/c1-6-35-9-11-36(12-10-35)15-19-7-8-22(30-13-19)32-28-31-14-21(29)24(33-28)25-18(4)23-26(38-25)20(17(2)3)16-34(5)27(23)37/h7-8,13-14,16-17H,6,9-12,15H2,1-5H3,(H,30,31,32,33). The first-order valence-corrected chi connectivity index (χ1v) is 13.9. The van der Waals surface area contributed by atoms with Gasteiger partial charge in [-0.25, -0.2) is 19.3 Å². The van der Waals surface area contributed by atoms with Gasteiger partial charge in [0, 0.05) is 56.9 Å². The van der Waals surface area contributed by atoms with Crippen LogP contribution in [0.2, 0.25) is 0 Å². The van der Waals surface area contributed by atoms with Gasteiger partial charge in [-0.1, -0.05) is 26.8 Å². The monoisotopic (exact) mass is 535 g/mol. The summed E-state index contributed by atoms with van der Waals surface area (Å²) < 4.78 is 17.5. The fourth-order valence-electron chi connectivity index (χ4n) is 4.93. The maximum atomic E-state index is 15.0. The molecule has 0 bridgehead atoms. The molecule has 4 aromatic rings. The molecule has 8 nitrogen and oxygen atoms in total. The number of rotatable bonds is 7. The minimum atomic E-state index is -0.528. The van der Waals surface area contributed by atoms with E-state index in [2.05, 4.69) is 50.8 Å². The number of halogens is 1. The summed E-state index contributed by atoms with van der Waals surface area (Å²) in [7, 11) is 1.75. The predicted octanol–water partition coefficient (Wildman–Crippen LogP) is 4.90. The van der Waals surface area contributed by atoms with E-state index in [0.717, 1.165) is 60.7 Å². The van der Waals surface area contributed by atoms with E-state index in [4.69, 9.17) is 0 Å². The van der Waals surface area contributed by atoms with Gasteiger partial charge in [0.05, 0.1) is 16.5 Å². The highest BCUT2D eigenvalue weighted by Gasteiger charge is 2.22. The van der Waals surface area contributed by atoms with Crippen molar-refractivity contribution in [3.8, 4) is 10.6 Å². The molecule has 1 saturated heterocycles. The third kappa shape index (κ3) is 5.21. The van der Waals surface area contributed by atoms with E-state index < -0.39 is 5.82 Å². The third-order valence-corrected chi connectivity index (χ3v) is 8.59. The zero-order chi connectivity index (χ0) is 27.0. The average Bonchev–Trinajstić information content (AvgIpc) is 3.25. The number of hydrogen-bond donors (Lipinski definition) is 1. The van der Waals surface area contributed by atoms with E-state index in [0.29, 0.717) is 16.1 Å². The molecule has 0 radical (unpaired) electrons. The third-order valence-electron chi connectivity index (χ3n) is 7.24. The lowest BCUT2D eigenvalue weighted by molar-refractivity contribution is 0.132. The summed E-state index contributed by atoms with van der Waals surface area (Å²) in [6, 6.07) is 3.94. The van der Waals surface area contributed by atoms with Gasteiger partial charge in [0.1, 0.15) is 11.5 Å². The number of piperazine rings is 1. The van der Waals surface area contributed by atoms with Crippen molar-refractivity contribution in [2.45, 2.75) is 40.2 Å². The zero-order valence-electron chi connectivity index (χ0n) is 22.6. The van der Waals surface area contributed by atoms with Crippen LogP contribution in [-0.2, 0) is 13.6 Å². The Morgan fingerprint density at radius 3 is 2.50 bits per heavy atom. The van der Waals surface area contributed by atoms with E-state index >= 15 is 4.39 Å². The molecule has 0 aromatic carbocycles. The Morgan fingerprint density at radius 2 is 1.84 bits per heavy atom. The highest BCUT2D eigenvalue weighted by Crippen LogP contribution is 2.40. The Labute approximate surface area is 226 Å². The fourth-order valence-corrected chi connectivity index (χ4v) is 6.38. The first kappa shape index (κ1) is 26.4. The van der Waals surface area contributed by atoms with Gasteiger partial charge >= 0.3 is 0 Å². The van der Waals surface area contributed by atoms with Crippen LogP contribution in [-0.4, -0.2) is 62.0 Å². The van der Waals surface area contributed by atoms with Gasteiger partial charge in [-0.05, 0) is 42.1 Å². The first-order valence-electron chi connectivity index (χ1n) is 13.1. The smallest absolute Gasteiger partial charge is 0.259 e. The maximum Gasteiger partial charge on any atom is 0.259 e. The second-order valence-corrected chi connectivity index (χ2v) is 11.2. The molecule has 200 valence electrons. The van der Waals surface area contributed by atoms with Crippen molar-refractivity contribution >= 4 is 33.2 Å². The van der Waals surface area contributed by atoms with Crippen LogP contribution in [0.1, 0.15) is 43.4 Å². The quantitative estimate of drug-likeness (QED) is 0.360. The number of pyridine rings is 2. The normalized spacial score (nSPS) is 15.0. The summed E-state index contributed by atoms with van der Waals surface area (Å²) in [6.07, 6.45) is 4.90. The molecule has 0 atom stereocenters. The summed E-state index contributed by atoms with van der Waals surface area (Å²) in [6.45, 7) is 14.5. The van der Waals surface area contributed by atoms with Crippen molar-refractivity contribution in [3.05, 3.63) is 63.6 Å². The van der Waals surface area contributed by atoms with Crippen LogP contribution >= 0.6 is 11.3 Å². The largest absolute Gasteiger partial charge is 0.318 e. The molecule has 0 amide bonds. The van der Waals surface area contributed by atoms with Gasteiger partial charge in [0.15, 0.2) is 5.82 Å². The maximum absolute atomic E-state index is 15.0. The number of aromatic nitrogens is 4. The lowest BCUT2D eigenvalue weighted by Gasteiger charge is -2.33. The lowest BCUT2D eigenvalue weighted by Crippen LogP contribution is -2.45. The molecule has 38 heavy (non-hydrogen) atoms. The second kappa shape index (κ2) is 10.9. The van der Waals surface area contributed by atoms with Crippen molar-refractivity contribution in [1.82, 2.24) is 29.3 Å². The second-order valence-electron chi connectivity index (χ2n) is 10.2. The van der Waals surface area contributed by atoms with Gasteiger partial charge < -0.3 is 14.8 Å². The Kier molecular flexibility index (Phi) is 7.56. The molecule has 1 N–H and O–H groups in total. The molecule has 4 aromatic heterocycles. The number of fused-ring (bicyclic) bond motifs is 1. The molecule has 0 aliphatic carbocycles. The number of anilines is 2. The number of likely N-dealkylation sites (N-methyl/N-ethyl adjacent to an activating group) is 1. The predicted molar refractivity (Wildman–Crippen MR) is 152 cm³/mol. The van der Waals surface area contributed by atoms with Crippen LogP contribution in [0, 0.1) is 12.7 Å². The number of nitrogens with zero attached hydrogens (tertiary/aromatic N) is 6. The van der Waals surface area contributed by atoms with Crippen molar-refractivity contribution < 1.29 is 4.39 Å². The molecule has 5 heterocycles. The van der Waals surface area contributed by atoms with E-state index in [-0.39, 0.29) is 23.1 Å². The molecular formula is C28H34FN7OS. The minimum absolute atomic E-state index is 0.0891. The summed E-state index contributed by atoms with van der Waals surface area (Å²) in [4.78, 5) is 31.7. The Balaban J connectivity index is 1.38. The van der Waals surface area contributed by atoms with Crippen molar-refractivity contribution in [2.75, 3.05) is 38.0 Å². The summed E-state index contributed by atoms with van der Waals surface area (Å²) in [5.74, 6) is 0.537. The highest BCUT2D eigenvalue weighted by molar-refractivity contribution is 7.22. The Morgan fingerprint density at radius 1 is 1.11 bits per heavy atom. The van der Waals surface area contributed by atoms with Gasteiger partial charge in [-0.2, -0.15) is 0 Å². The van der Waals surface area contributed by atoms with Crippen LogP contribution in [0.5, 0.6) is 0 Å². The number of thiophene rings is 1. The Bertz CT molecular complexity index is 1500. The van der Waals surface area contributed by atoms with Crippen LogP contribution in [0.3, 0.4) is 0 Å². The van der Waals surface area contributed by atoms with Crippen molar-refractivity contribution in [2.24, 2.45) is 7.05 Å². The first-order chi connectivity index (χ1) is 18.2. The van der Waals surface area contributed by atoms with Crippen LogP contribution in [0.15, 0.2) is 35.5 Å². The van der Waals surface area contributed by atoms with Gasteiger partial charge in [0.25, 0.3) is 5.56 Å². The van der Waals surface area contributed by atoms with Crippen LogP contribution in [0.4, 0.5) is 16.2 Å². The zero-order valence-corrected chi connectivity index (χ0v) is 23.4. The minimum Gasteiger partial charge on any atom is -0.318 e. The number of hydrogen-bond acceptors (Lipinski definition) is 8. The van der Waals surface area contributed by atoms with Crippen LogP contribution in [0.25, 0.3) is 20.7 Å². The molecule has 1 fully saturated rings. The van der Waals surface area contributed by atoms with Gasteiger partial charge in [-0.3, -0.25) is 9.69 Å². The van der Waals surface area contributed by atoms with Crippen molar-refractivity contribution in [1.29, 1.82) is 0 Å². The lowest BCUT2D eigenvalue weighted by atomic mass is 10.0. The van der Waals surface area contributed by atoms with E-state index in [9.17, 15) is 4.79 Å². The molecule has 10 heteroatoms. The van der Waals surface area contributed by atoms with E-state index in [1.807, 2.05) is 31.5 Å². The average molecular weight is 536 g/mol. The SMILES string of the molecule is CCN1CCN(Cc2ccc(Nc3ncc(F)c(-c4sc5c(C(C)C)cn(C)c(=O)c5c4C)n3)nc2)CC1.